The van der Waals surface area contributed by atoms with Crippen molar-refractivity contribution in [3.05, 3.63) is 77.3 Å². The van der Waals surface area contributed by atoms with Crippen molar-refractivity contribution in [1.29, 1.82) is 0 Å². The Hall–Kier alpha value is -3.55. The molecule has 1 unspecified atom stereocenters. The third-order valence-corrected chi connectivity index (χ3v) is 7.59. The van der Waals surface area contributed by atoms with Crippen LogP contribution < -0.4 is 10.6 Å². The monoisotopic (exact) mass is 467 g/mol. The van der Waals surface area contributed by atoms with E-state index >= 15 is 0 Å². The second-order valence-electron chi connectivity index (χ2n) is 8.70. The smallest absolute Gasteiger partial charge is 0.264 e. The zero-order valence-electron chi connectivity index (χ0n) is 18.9. The van der Waals surface area contributed by atoms with E-state index in [2.05, 4.69) is 71.1 Å². The summed E-state index contributed by atoms with van der Waals surface area (Å²) < 4.78 is 1.07. The summed E-state index contributed by atoms with van der Waals surface area (Å²) in [6, 6.07) is 20.9. The molecule has 1 saturated heterocycles. The van der Waals surface area contributed by atoms with Crippen LogP contribution in [0.4, 0.5) is 5.95 Å². The molecule has 1 aliphatic rings. The Kier molecular flexibility index (Phi) is 5.36. The summed E-state index contributed by atoms with van der Waals surface area (Å²) in [5.74, 6) is 0.689. The van der Waals surface area contributed by atoms with Gasteiger partial charge in [0.1, 0.15) is 0 Å². The minimum atomic E-state index is 0.0371. The zero-order valence-corrected chi connectivity index (χ0v) is 19.7. The largest absolute Gasteiger partial charge is 0.348 e. The number of anilines is 1. The number of fused-ring (bicyclic) bond motifs is 4. The van der Waals surface area contributed by atoms with Gasteiger partial charge in [0.15, 0.2) is 0 Å². The molecule has 34 heavy (non-hydrogen) atoms. The number of thiophene rings is 1. The molecule has 6 rings (SSSR count). The first kappa shape index (κ1) is 21.0. The third kappa shape index (κ3) is 3.77. The van der Waals surface area contributed by atoms with Gasteiger partial charge >= 0.3 is 0 Å². The molecule has 1 atom stereocenters. The van der Waals surface area contributed by atoms with Gasteiger partial charge in [-0.25, -0.2) is 9.97 Å². The molecule has 1 aliphatic heterocycles. The van der Waals surface area contributed by atoms with Crippen molar-refractivity contribution in [1.82, 2.24) is 20.2 Å². The normalized spacial score (nSPS) is 15.1. The van der Waals surface area contributed by atoms with Crippen LogP contribution in [0.1, 0.15) is 28.2 Å². The highest BCUT2D eigenvalue weighted by Crippen LogP contribution is 2.33. The molecule has 0 radical (unpaired) electrons. The summed E-state index contributed by atoms with van der Waals surface area (Å²) >= 11 is 1.54. The van der Waals surface area contributed by atoms with E-state index in [9.17, 15) is 4.79 Å². The van der Waals surface area contributed by atoms with E-state index in [1.807, 2.05) is 23.2 Å². The highest BCUT2D eigenvalue weighted by Gasteiger charge is 2.21. The van der Waals surface area contributed by atoms with E-state index in [-0.39, 0.29) is 11.9 Å². The van der Waals surface area contributed by atoms with Crippen LogP contribution in [0.25, 0.3) is 31.8 Å². The van der Waals surface area contributed by atoms with Crippen molar-refractivity contribution in [2.24, 2.45) is 0 Å². The second kappa shape index (κ2) is 8.66. The summed E-state index contributed by atoms with van der Waals surface area (Å²) in [5, 5.41) is 11.2. The first-order valence-electron chi connectivity index (χ1n) is 11.6. The number of carbonyl (C=O) groups excluding carboxylic acids is 1. The van der Waals surface area contributed by atoms with Crippen molar-refractivity contribution in [2.75, 3.05) is 31.5 Å². The molecule has 0 spiro atoms. The van der Waals surface area contributed by atoms with Crippen LogP contribution >= 0.6 is 11.3 Å². The van der Waals surface area contributed by atoms with Crippen LogP contribution in [0.3, 0.4) is 0 Å². The van der Waals surface area contributed by atoms with Crippen LogP contribution in [0.5, 0.6) is 0 Å². The molecule has 2 N–H and O–H groups in total. The van der Waals surface area contributed by atoms with Crippen LogP contribution in [-0.2, 0) is 0 Å². The van der Waals surface area contributed by atoms with Gasteiger partial charge in [-0.15, -0.1) is 11.3 Å². The van der Waals surface area contributed by atoms with Gasteiger partial charge in [-0.1, -0.05) is 42.5 Å². The molecule has 0 saturated carbocycles. The van der Waals surface area contributed by atoms with Crippen LogP contribution in [0.2, 0.25) is 0 Å². The molecule has 0 bridgehead atoms. The topological polar surface area (TPSA) is 70.2 Å². The van der Waals surface area contributed by atoms with Gasteiger partial charge < -0.3 is 15.5 Å². The molecular formula is C27H25N5OS. The van der Waals surface area contributed by atoms with Crippen LogP contribution in [-0.4, -0.2) is 47.0 Å². The predicted octanol–water partition coefficient (Wildman–Crippen LogP) is 5.22. The molecule has 3 heterocycles. The molecule has 1 amide bonds. The predicted molar refractivity (Wildman–Crippen MR) is 140 cm³/mol. The Morgan fingerprint density at radius 3 is 2.74 bits per heavy atom. The number of aromatic nitrogens is 2. The number of carbonyl (C=O) groups is 1. The number of amides is 1. The average molecular weight is 468 g/mol. The molecule has 5 aromatic rings. The lowest BCUT2D eigenvalue weighted by Gasteiger charge is -2.26. The Morgan fingerprint density at radius 1 is 1.03 bits per heavy atom. The van der Waals surface area contributed by atoms with E-state index in [1.54, 1.807) is 0 Å². The van der Waals surface area contributed by atoms with E-state index in [4.69, 9.17) is 4.98 Å². The second-order valence-corrected chi connectivity index (χ2v) is 9.78. The van der Waals surface area contributed by atoms with Crippen LogP contribution in [0, 0.1) is 0 Å². The maximum absolute atomic E-state index is 13.0. The molecule has 6 nitrogen and oxygen atoms in total. The third-order valence-electron chi connectivity index (χ3n) is 6.50. The van der Waals surface area contributed by atoms with Crippen molar-refractivity contribution in [2.45, 2.75) is 13.0 Å². The highest BCUT2D eigenvalue weighted by atomic mass is 32.1. The molecular weight excluding hydrogens is 442 g/mol. The Balaban J connectivity index is 1.34. The number of piperazine rings is 1. The quantitative estimate of drug-likeness (QED) is 0.379. The van der Waals surface area contributed by atoms with E-state index < -0.39 is 0 Å². The van der Waals surface area contributed by atoms with Crippen molar-refractivity contribution < 1.29 is 4.79 Å². The molecule has 1 fully saturated rings. The maximum Gasteiger partial charge on any atom is 0.264 e. The zero-order chi connectivity index (χ0) is 23.1. The lowest BCUT2D eigenvalue weighted by molar-refractivity contribution is 0.0741. The SMILES string of the molecule is CC(Nc1ncc2ccc3sc(C(=O)N4CCNCC4)cc3c2n1)c1cccc2ccccc12. The minimum Gasteiger partial charge on any atom is -0.348 e. The molecule has 2 aromatic heterocycles. The van der Waals surface area contributed by atoms with Crippen LogP contribution in [0.15, 0.2) is 66.9 Å². The first-order chi connectivity index (χ1) is 16.7. The number of benzene rings is 3. The lowest BCUT2D eigenvalue weighted by Crippen LogP contribution is -2.46. The number of nitrogens with one attached hydrogen (secondary N) is 2. The number of nitrogens with zero attached hydrogens (tertiary/aromatic N) is 3. The number of hydrogen-bond donors (Lipinski definition) is 2. The number of rotatable bonds is 4. The first-order valence-corrected chi connectivity index (χ1v) is 12.4. The standard InChI is InChI=1S/C27H25N5OS/c1-17(20-8-4-6-18-5-2-3-7-21(18)20)30-27-29-16-19-9-10-23-22(25(19)31-27)15-24(34-23)26(33)32-13-11-28-12-14-32/h2-10,15-17,28H,11-14H2,1H3,(H,29,30,31). The van der Waals surface area contributed by atoms with Crippen molar-refractivity contribution >= 4 is 55.0 Å². The van der Waals surface area contributed by atoms with E-state index in [0.717, 1.165) is 52.0 Å². The molecule has 7 heteroatoms. The van der Waals surface area contributed by atoms with E-state index in [0.29, 0.717) is 5.95 Å². The fourth-order valence-electron chi connectivity index (χ4n) is 4.71. The van der Waals surface area contributed by atoms with Crippen molar-refractivity contribution in [3.8, 4) is 0 Å². The fourth-order valence-corrected chi connectivity index (χ4v) is 5.74. The summed E-state index contributed by atoms with van der Waals surface area (Å²) in [5.41, 5.74) is 2.08. The Bertz CT molecular complexity index is 1520. The Labute approximate surface area is 201 Å². The fraction of sp³-hybridized carbons (Fsp3) is 0.222. The average Bonchev–Trinajstić information content (AvgIpc) is 3.33. The van der Waals surface area contributed by atoms with Gasteiger partial charge in [-0.2, -0.15) is 0 Å². The van der Waals surface area contributed by atoms with Gasteiger partial charge in [0.2, 0.25) is 5.95 Å². The van der Waals surface area contributed by atoms with Gasteiger partial charge in [0.25, 0.3) is 5.91 Å². The summed E-state index contributed by atoms with van der Waals surface area (Å²) in [6.07, 6.45) is 1.86. The Morgan fingerprint density at radius 2 is 1.85 bits per heavy atom. The summed E-state index contributed by atoms with van der Waals surface area (Å²) in [7, 11) is 0. The highest BCUT2D eigenvalue weighted by molar-refractivity contribution is 7.21. The molecule has 0 aliphatic carbocycles. The van der Waals surface area contributed by atoms with Gasteiger partial charge in [-0.3, -0.25) is 4.79 Å². The molecule has 170 valence electrons. The van der Waals surface area contributed by atoms with Crippen molar-refractivity contribution in [3.63, 3.8) is 0 Å². The van der Waals surface area contributed by atoms with Gasteiger partial charge in [0, 0.05) is 47.8 Å². The lowest BCUT2D eigenvalue weighted by atomic mass is 10.00. The minimum absolute atomic E-state index is 0.0371. The van der Waals surface area contributed by atoms with Gasteiger partial charge in [-0.05, 0) is 41.5 Å². The number of hydrogen-bond acceptors (Lipinski definition) is 6. The van der Waals surface area contributed by atoms with E-state index in [1.165, 1.54) is 27.7 Å². The molecule has 3 aromatic carbocycles. The summed E-state index contributed by atoms with van der Waals surface area (Å²) in [4.78, 5) is 25.2. The maximum atomic E-state index is 13.0. The summed E-state index contributed by atoms with van der Waals surface area (Å²) in [6.45, 7) is 5.31. The van der Waals surface area contributed by atoms with Gasteiger partial charge in [0.05, 0.1) is 16.4 Å².